The molecular weight excluding hydrogens is 302 g/mol. The number of hydrogen-bond donors (Lipinski definition) is 1. The molecule has 1 aromatic rings. The van der Waals surface area contributed by atoms with Gasteiger partial charge in [0.15, 0.2) is 0 Å². The Balaban J connectivity index is 1.52. The van der Waals surface area contributed by atoms with E-state index in [1.54, 1.807) is 6.20 Å². The first kappa shape index (κ1) is 15.6. The molecule has 4 rings (SSSR count). The van der Waals surface area contributed by atoms with Crippen LogP contribution < -0.4 is 5.32 Å². The average Bonchev–Trinajstić information content (AvgIpc) is 3.24. The van der Waals surface area contributed by atoms with Crippen LogP contribution in [-0.2, 0) is 15.0 Å². The number of piperidine rings is 1. The van der Waals surface area contributed by atoms with Crippen LogP contribution in [0.2, 0.25) is 0 Å². The Labute approximate surface area is 142 Å². The Kier molecular flexibility index (Phi) is 3.82. The van der Waals surface area contributed by atoms with Crippen molar-refractivity contribution in [2.24, 2.45) is 5.41 Å². The van der Waals surface area contributed by atoms with Gasteiger partial charge in [-0.25, -0.2) is 0 Å². The summed E-state index contributed by atoms with van der Waals surface area (Å²) in [6.07, 6.45) is 10.2. The number of aromatic nitrogens is 1. The molecule has 3 heterocycles. The lowest BCUT2D eigenvalue weighted by atomic mass is 9.75. The summed E-state index contributed by atoms with van der Waals surface area (Å²) in [6, 6.07) is 3.99. The summed E-state index contributed by atoms with van der Waals surface area (Å²) in [7, 11) is 0. The molecule has 0 aromatic carbocycles. The average molecular weight is 327 g/mol. The first-order valence-corrected chi connectivity index (χ1v) is 9.10. The number of pyridine rings is 1. The van der Waals surface area contributed by atoms with E-state index in [2.05, 4.69) is 16.4 Å². The summed E-state index contributed by atoms with van der Waals surface area (Å²) in [6.45, 7) is 2.33. The fourth-order valence-electron chi connectivity index (χ4n) is 4.84. The zero-order valence-electron chi connectivity index (χ0n) is 14.1. The molecule has 1 spiro atoms. The highest BCUT2D eigenvalue weighted by atomic mass is 16.2. The fourth-order valence-corrected chi connectivity index (χ4v) is 4.84. The number of rotatable bonds is 2. The number of nitrogens with one attached hydrogen (secondary N) is 1. The van der Waals surface area contributed by atoms with Crippen LogP contribution in [0.15, 0.2) is 24.5 Å². The summed E-state index contributed by atoms with van der Waals surface area (Å²) < 4.78 is 0. The third-order valence-corrected chi connectivity index (χ3v) is 6.39. The lowest BCUT2D eigenvalue weighted by Crippen LogP contribution is -2.51. The zero-order chi connectivity index (χ0) is 16.6. The second-order valence-electron chi connectivity index (χ2n) is 7.78. The number of hydrogen-bond acceptors (Lipinski definition) is 3. The predicted molar refractivity (Wildman–Crippen MR) is 90.3 cm³/mol. The van der Waals surface area contributed by atoms with Crippen molar-refractivity contribution in [3.63, 3.8) is 0 Å². The molecule has 0 atom stereocenters. The second-order valence-corrected chi connectivity index (χ2v) is 7.78. The zero-order valence-corrected chi connectivity index (χ0v) is 14.1. The van der Waals surface area contributed by atoms with E-state index in [4.69, 9.17) is 0 Å². The number of likely N-dealkylation sites (tertiary alicyclic amines) is 1. The Morgan fingerprint density at radius 3 is 2.50 bits per heavy atom. The van der Waals surface area contributed by atoms with Crippen LogP contribution in [0.4, 0.5) is 0 Å². The van der Waals surface area contributed by atoms with Crippen molar-refractivity contribution >= 4 is 11.8 Å². The van der Waals surface area contributed by atoms with Crippen LogP contribution in [0, 0.1) is 5.41 Å². The van der Waals surface area contributed by atoms with Crippen LogP contribution in [-0.4, -0.2) is 41.3 Å². The summed E-state index contributed by atoms with van der Waals surface area (Å²) in [5.74, 6) is 0.442. The van der Waals surface area contributed by atoms with Crippen molar-refractivity contribution in [3.05, 3.63) is 30.1 Å². The number of amides is 2. The van der Waals surface area contributed by atoms with Crippen molar-refractivity contribution in [3.8, 4) is 0 Å². The SMILES string of the molecule is O=C1CC2(CCN(C(=O)C3(c4cccnc4)CCCC3)CC2)CN1. The highest BCUT2D eigenvalue weighted by molar-refractivity contribution is 5.88. The topological polar surface area (TPSA) is 62.3 Å². The van der Waals surface area contributed by atoms with Crippen LogP contribution in [0.25, 0.3) is 0 Å². The molecule has 1 saturated carbocycles. The molecule has 3 fully saturated rings. The van der Waals surface area contributed by atoms with Gasteiger partial charge in [0.2, 0.25) is 11.8 Å². The van der Waals surface area contributed by atoms with Gasteiger partial charge in [-0.2, -0.15) is 0 Å². The molecule has 5 nitrogen and oxygen atoms in total. The third kappa shape index (κ3) is 2.50. The molecular formula is C19H25N3O2. The van der Waals surface area contributed by atoms with Gasteiger partial charge in [-0.15, -0.1) is 0 Å². The maximum absolute atomic E-state index is 13.4. The Hall–Kier alpha value is -1.91. The number of carbonyl (C=O) groups excluding carboxylic acids is 2. The first-order chi connectivity index (χ1) is 11.6. The third-order valence-electron chi connectivity index (χ3n) is 6.39. The van der Waals surface area contributed by atoms with Crippen LogP contribution >= 0.6 is 0 Å². The molecule has 0 radical (unpaired) electrons. The molecule has 2 aliphatic heterocycles. The highest BCUT2D eigenvalue weighted by Gasteiger charge is 2.48. The molecule has 1 N–H and O–H groups in total. The van der Waals surface area contributed by atoms with Crippen molar-refractivity contribution in [1.29, 1.82) is 0 Å². The molecule has 3 aliphatic rings. The normalized spacial score (nSPS) is 25.0. The highest BCUT2D eigenvalue weighted by Crippen LogP contribution is 2.44. The van der Waals surface area contributed by atoms with Gasteiger partial charge in [0.1, 0.15) is 0 Å². The summed E-state index contributed by atoms with van der Waals surface area (Å²) >= 11 is 0. The van der Waals surface area contributed by atoms with E-state index in [0.29, 0.717) is 6.42 Å². The Morgan fingerprint density at radius 1 is 1.17 bits per heavy atom. The van der Waals surface area contributed by atoms with Crippen molar-refractivity contribution < 1.29 is 9.59 Å². The smallest absolute Gasteiger partial charge is 0.233 e. The summed E-state index contributed by atoms with van der Waals surface area (Å²) in [4.78, 5) is 31.3. The van der Waals surface area contributed by atoms with Gasteiger partial charge in [0.25, 0.3) is 0 Å². The first-order valence-electron chi connectivity index (χ1n) is 9.10. The Bertz CT molecular complexity index is 629. The molecule has 1 aliphatic carbocycles. The second kappa shape index (κ2) is 5.87. The molecule has 0 unspecified atom stereocenters. The van der Waals surface area contributed by atoms with Crippen LogP contribution in [0.5, 0.6) is 0 Å². The maximum Gasteiger partial charge on any atom is 0.233 e. The standard InChI is InChI=1S/C19H25N3O2/c23-16-12-18(14-21-16)7-10-22(11-8-18)17(24)19(5-1-2-6-19)15-4-3-9-20-13-15/h3-4,9,13H,1-2,5-8,10-12,14H2,(H,21,23). The Morgan fingerprint density at radius 2 is 1.92 bits per heavy atom. The van der Waals surface area contributed by atoms with Gasteiger partial charge in [0, 0.05) is 38.4 Å². The lowest BCUT2D eigenvalue weighted by Gasteiger charge is -2.42. The monoisotopic (exact) mass is 327 g/mol. The maximum atomic E-state index is 13.4. The molecule has 24 heavy (non-hydrogen) atoms. The van der Waals surface area contributed by atoms with Gasteiger partial charge in [-0.3, -0.25) is 14.6 Å². The van der Waals surface area contributed by atoms with Gasteiger partial charge in [-0.05, 0) is 42.7 Å². The molecule has 0 bridgehead atoms. The molecule has 5 heteroatoms. The number of carbonyl (C=O) groups is 2. The molecule has 1 aromatic heterocycles. The van der Waals surface area contributed by atoms with E-state index < -0.39 is 0 Å². The number of nitrogens with zero attached hydrogens (tertiary/aromatic N) is 2. The molecule has 2 saturated heterocycles. The van der Waals surface area contributed by atoms with E-state index in [-0.39, 0.29) is 22.6 Å². The summed E-state index contributed by atoms with van der Waals surface area (Å²) in [5.41, 5.74) is 0.790. The van der Waals surface area contributed by atoms with Gasteiger partial charge in [0.05, 0.1) is 5.41 Å². The lowest BCUT2D eigenvalue weighted by molar-refractivity contribution is -0.139. The minimum absolute atomic E-state index is 0.0883. The van der Waals surface area contributed by atoms with Crippen molar-refractivity contribution in [2.75, 3.05) is 19.6 Å². The van der Waals surface area contributed by atoms with Gasteiger partial charge in [-0.1, -0.05) is 18.9 Å². The quantitative estimate of drug-likeness (QED) is 0.904. The van der Waals surface area contributed by atoms with Gasteiger partial charge < -0.3 is 10.2 Å². The van der Waals surface area contributed by atoms with E-state index in [0.717, 1.165) is 63.7 Å². The van der Waals surface area contributed by atoms with Crippen LogP contribution in [0.1, 0.15) is 50.5 Å². The largest absolute Gasteiger partial charge is 0.356 e. The molecule has 128 valence electrons. The summed E-state index contributed by atoms with van der Waals surface area (Å²) in [5, 5.41) is 2.96. The van der Waals surface area contributed by atoms with E-state index in [1.165, 1.54) is 0 Å². The molecule has 2 amide bonds. The van der Waals surface area contributed by atoms with Crippen LogP contribution in [0.3, 0.4) is 0 Å². The van der Waals surface area contributed by atoms with Crippen molar-refractivity contribution in [2.45, 2.75) is 50.4 Å². The van der Waals surface area contributed by atoms with Crippen molar-refractivity contribution in [1.82, 2.24) is 15.2 Å². The van der Waals surface area contributed by atoms with E-state index in [1.807, 2.05) is 17.2 Å². The minimum Gasteiger partial charge on any atom is -0.356 e. The van der Waals surface area contributed by atoms with Gasteiger partial charge >= 0.3 is 0 Å². The van der Waals surface area contributed by atoms with E-state index in [9.17, 15) is 9.59 Å². The minimum atomic E-state index is -0.373. The van der Waals surface area contributed by atoms with E-state index >= 15 is 0 Å². The predicted octanol–water partition coefficient (Wildman–Crippen LogP) is 2.02. The fraction of sp³-hybridized carbons (Fsp3) is 0.632.